The highest BCUT2D eigenvalue weighted by Gasteiger charge is 2.19. The molecule has 0 spiro atoms. The summed E-state index contributed by atoms with van der Waals surface area (Å²) >= 11 is 6.38. The summed E-state index contributed by atoms with van der Waals surface area (Å²) in [7, 11) is 1.53. The van der Waals surface area contributed by atoms with Crippen molar-refractivity contribution >= 4 is 23.2 Å². The van der Waals surface area contributed by atoms with Crippen LogP contribution in [0.5, 0.6) is 11.5 Å². The van der Waals surface area contributed by atoms with Crippen molar-refractivity contribution in [2.45, 2.75) is 33.6 Å². The fourth-order valence-electron chi connectivity index (χ4n) is 3.14. The second-order valence-electron chi connectivity index (χ2n) is 6.94. The summed E-state index contributed by atoms with van der Waals surface area (Å²) in [6, 6.07) is 13.0. The maximum atomic E-state index is 13.0. The molecule has 0 aliphatic heterocycles. The van der Waals surface area contributed by atoms with Crippen molar-refractivity contribution in [1.29, 1.82) is 0 Å². The van der Waals surface area contributed by atoms with Crippen LogP contribution in [-0.2, 0) is 0 Å². The van der Waals surface area contributed by atoms with E-state index in [4.69, 9.17) is 21.1 Å². The number of nitrogens with zero attached hydrogens (tertiary/aromatic N) is 2. The summed E-state index contributed by atoms with van der Waals surface area (Å²) in [5.41, 5.74) is 3.54. The Morgan fingerprint density at radius 2 is 1.93 bits per heavy atom. The number of nitrogens with one attached hydrogen (secondary N) is 1. The number of hydrogen-bond donors (Lipinski definition) is 1. The van der Waals surface area contributed by atoms with Gasteiger partial charge in [-0.1, -0.05) is 43.1 Å². The average Bonchev–Trinajstić information content (AvgIpc) is 3.03. The molecule has 0 atom stereocenters. The SMILES string of the molecule is CCCCOc1c(Cl)cc(C(=O)Nc2c(C)nn(-c3ccccc3)c2C)cc1OC. The molecule has 1 heterocycles. The second kappa shape index (κ2) is 9.67. The molecule has 0 radical (unpaired) electrons. The van der Waals surface area contributed by atoms with Crippen LogP contribution >= 0.6 is 11.6 Å². The number of aryl methyl sites for hydroxylation is 1. The second-order valence-corrected chi connectivity index (χ2v) is 7.35. The van der Waals surface area contributed by atoms with Gasteiger partial charge in [0.25, 0.3) is 5.91 Å². The maximum absolute atomic E-state index is 13.0. The fraction of sp³-hybridized carbons (Fsp3) is 0.304. The molecule has 30 heavy (non-hydrogen) atoms. The first-order chi connectivity index (χ1) is 14.5. The molecule has 3 rings (SSSR count). The first kappa shape index (κ1) is 21.7. The molecule has 1 aromatic heterocycles. The monoisotopic (exact) mass is 427 g/mol. The highest BCUT2D eigenvalue weighted by atomic mass is 35.5. The molecule has 2 aromatic carbocycles. The highest BCUT2D eigenvalue weighted by Crippen LogP contribution is 2.37. The number of benzene rings is 2. The first-order valence-corrected chi connectivity index (χ1v) is 10.3. The Kier molecular flexibility index (Phi) is 7.00. The van der Waals surface area contributed by atoms with Crippen molar-refractivity contribution in [3.8, 4) is 17.2 Å². The number of para-hydroxylation sites is 1. The number of hydrogen-bond acceptors (Lipinski definition) is 4. The van der Waals surface area contributed by atoms with Crippen molar-refractivity contribution in [2.75, 3.05) is 19.0 Å². The molecule has 6 nitrogen and oxygen atoms in total. The molecule has 0 aliphatic carbocycles. The Bertz CT molecular complexity index is 1030. The number of halogens is 1. The molecule has 0 saturated carbocycles. The summed E-state index contributed by atoms with van der Waals surface area (Å²) < 4.78 is 13.0. The molecule has 0 saturated heterocycles. The number of amides is 1. The highest BCUT2D eigenvalue weighted by molar-refractivity contribution is 6.32. The van der Waals surface area contributed by atoms with Gasteiger partial charge in [0.2, 0.25) is 0 Å². The van der Waals surface area contributed by atoms with Crippen molar-refractivity contribution in [2.24, 2.45) is 0 Å². The smallest absolute Gasteiger partial charge is 0.255 e. The van der Waals surface area contributed by atoms with E-state index in [0.29, 0.717) is 34.4 Å². The van der Waals surface area contributed by atoms with Crippen LogP contribution in [-0.4, -0.2) is 29.4 Å². The van der Waals surface area contributed by atoms with Gasteiger partial charge in [-0.3, -0.25) is 4.79 Å². The van der Waals surface area contributed by atoms with Gasteiger partial charge in [0.1, 0.15) is 0 Å². The van der Waals surface area contributed by atoms with Crippen LogP contribution in [0.3, 0.4) is 0 Å². The van der Waals surface area contributed by atoms with Gasteiger partial charge in [0, 0.05) is 5.56 Å². The number of aromatic nitrogens is 2. The van der Waals surface area contributed by atoms with E-state index in [-0.39, 0.29) is 5.91 Å². The number of unbranched alkanes of at least 4 members (excludes halogenated alkanes) is 1. The van der Waals surface area contributed by atoms with Gasteiger partial charge in [-0.15, -0.1) is 0 Å². The normalized spacial score (nSPS) is 10.7. The van der Waals surface area contributed by atoms with Crippen molar-refractivity contribution in [1.82, 2.24) is 9.78 Å². The third-order valence-corrected chi connectivity index (χ3v) is 5.05. The zero-order valence-electron chi connectivity index (χ0n) is 17.7. The van der Waals surface area contributed by atoms with E-state index < -0.39 is 0 Å². The van der Waals surface area contributed by atoms with Gasteiger partial charge in [-0.05, 0) is 44.5 Å². The number of carbonyl (C=O) groups excluding carboxylic acids is 1. The van der Waals surface area contributed by atoms with E-state index in [0.717, 1.165) is 29.9 Å². The summed E-state index contributed by atoms with van der Waals surface area (Å²) in [5, 5.41) is 7.86. The van der Waals surface area contributed by atoms with Crippen molar-refractivity contribution in [3.05, 3.63) is 64.4 Å². The van der Waals surface area contributed by atoms with Crippen LogP contribution in [0.15, 0.2) is 42.5 Å². The Hall–Kier alpha value is -2.99. The molecule has 0 bridgehead atoms. The van der Waals surface area contributed by atoms with E-state index in [2.05, 4.69) is 17.3 Å². The molecule has 0 aliphatic rings. The quantitative estimate of drug-likeness (QED) is 0.476. The number of carbonyl (C=O) groups is 1. The van der Waals surface area contributed by atoms with Gasteiger partial charge in [-0.25, -0.2) is 4.68 Å². The predicted molar refractivity (Wildman–Crippen MR) is 119 cm³/mol. The lowest BCUT2D eigenvalue weighted by molar-refractivity contribution is 0.102. The minimum Gasteiger partial charge on any atom is -0.493 e. The van der Waals surface area contributed by atoms with E-state index in [9.17, 15) is 4.79 Å². The Labute approximate surface area is 181 Å². The zero-order chi connectivity index (χ0) is 21.7. The van der Waals surface area contributed by atoms with Crippen LogP contribution in [0.4, 0.5) is 5.69 Å². The van der Waals surface area contributed by atoms with Crippen LogP contribution in [0.2, 0.25) is 5.02 Å². The van der Waals surface area contributed by atoms with Crippen LogP contribution in [0, 0.1) is 13.8 Å². The van der Waals surface area contributed by atoms with Gasteiger partial charge >= 0.3 is 0 Å². The number of ether oxygens (including phenoxy) is 2. The molecular weight excluding hydrogens is 402 g/mol. The Morgan fingerprint density at radius 3 is 2.60 bits per heavy atom. The van der Waals surface area contributed by atoms with Gasteiger partial charge in [0.05, 0.1) is 41.5 Å². The Morgan fingerprint density at radius 1 is 1.20 bits per heavy atom. The van der Waals surface area contributed by atoms with Gasteiger partial charge in [0.15, 0.2) is 11.5 Å². The molecule has 7 heteroatoms. The minimum absolute atomic E-state index is 0.297. The lowest BCUT2D eigenvalue weighted by atomic mass is 10.1. The van der Waals surface area contributed by atoms with Crippen LogP contribution < -0.4 is 14.8 Å². The predicted octanol–water partition coefficient (Wildman–Crippen LogP) is 5.58. The molecule has 0 fully saturated rings. The van der Waals surface area contributed by atoms with Crippen LogP contribution in [0.1, 0.15) is 41.5 Å². The fourth-order valence-corrected chi connectivity index (χ4v) is 3.40. The molecule has 1 N–H and O–H groups in total. The molecule has 1 amide bonds. The lowest BCUT2D eigenvalue weighted by Gasteiger charge is -2.14. The van der Waals surface area contributed by atoms with Gasteiger partial charge < -0.3 is 14.8 Å². The topological polar surface area (TPSA) is 65.4 Å². The van der Waals surface area contributed by atoms with Crippen LogP contribution in [0.25, 0.3) is 5.69 Å². The van der Waals surface area contributed by atoms with E-state index >= 15 is 0 Å². The summed E-state index contributed by atoms with van der Waals surface area (Å²) in [6.45, 7) is 6.40. The average molecular weight is 428 g/mol. The largest absolute Gasteiger partial charge is 0.493 e. The van der Waals surface area contributed by atoms with E-state index in [1.165, 1.54) is 7.11 Å². The van der Waals surface area contributed by atoms with E-state index in [1.54, 1.807) is 12.1 Å². The summed E-state index contributed by atoms with van der Waals surface area (Å²) in [5.74, 6) is 0.583. The molecular formula is C23H26ClN3O3. The summed E-state index contributed by atoms with van der Waals surface area (Å²) in [6.07, 6.45) is 1.92. The van der Waals surface area contributed by atoms with Crippen molar-refractivity contribution in [3.63, 3.8) is 0 Å². The molecule has 158 valence electrons. The maximum Gasteiger partial charge on any atom is 0.255 e. The number of rotatable bonds is 8. The van der Waals surface area contributed by atoms with Gasteiger partial charge in [-0.2, -0.15) is 5.10 Å². The van der Waals surface area contributed by atoms with E-state index in [1.807, 2.05) is 48.9 Å². The standard InChI is InChI=1S/C23H26ClN3O3/c1-5-6-12-30-22-19(24)13-17(14-20(22)29-4)23(28)25-21-15(2)26-27(16(21)3)18-10-8-7-9-11-18/h7-11,13-14H,5-6,12H2,1-4H3,(H,25,28). The third-order valence-electron chi connectivity index (χ3n) is 4.77. The zero-order valence-corrected chi connectivity index (χ0v) is 18.4. The third kappa shape index (κ3) is 4.60. The number of methoxy groups -OCH3 is 1. The Balaban J connectivity index is 1.86. The summed E-state index contributed by atoms with van der Waals surface area (Å²) in [4.78, 5) is 13.0. The molecule has 0 unspecified atom stereocenters. The lowest BCUT2D eigenvalue weighted by Crippen LogP contribution is -2.14. The minimum atomic E-state index is -0.297. The first-order valence-electron chi connectivity index (χ1n) is 9.89. The van der Waals surface area contributed by atoms with Crippen molar-refractivity contribution < 1.29 is 14.3 Å². The molecule has 3 aromatic rings. The number of anilines is 1.